The first-order valence-electron chi connectivity index (χ1n) is 11.6. The molecule has 170 valence electrons. The van der Waals surface area contributed by atoms with Crippen LogP contribution in [0.1, 0.15) is 40.0 Å². The largest absolute Gasteiger partial charge is 0.488 e. The molecule has 1 aromatic carbocycles. The van der Waals surface area contributed by atoms with Crippen molar-refractivity contribution >= 4 is 16.6 Å². The number of nitrogens with one attached hydrogen (secondary N) is 1. The van der Waals surface area contributed by atoms with Crippen molar-refractivity contribution in [2.24, 2.45) is 7.05 Å². The third-order valence-corrected chi connectivity index (χ3v) is 6.74. The first-order valence-corrected chi connectivity index (χ1v) is 11.6. The average molecular weight is 437 g/mol. The van der Waals surface area contributed by atoms with E-state index in [-0.39, 0.29) is 11.2 Å². The number of H-pyrrole nitrogens is 1. The Balaban J connectivity index is 1.50. The number of aromatic nitrogens is 4. The lowest BCUT2D eigenvalue weighted by Gasteiger charge is -2.25. The van der Waals surface area contributed by atoms with Gasteiger partial charge in [-0.25, -0.2) is 4.68 Å². The van der Waals surface area contributed by atoms with E-state index < -0.39 is 0 Å². The zero-order chi connectivity index (χ0) is 22.5. The first-order chi connectivity index (χ1) is 15.3. The van der Waals surface area contributed by atoms with Crippen molar-refractivity contribution in [3.8, 4) is 17.1 Å². The van der Waals surface area contributed by atoms with E-state index in [4.69, 9.17) is 4.74 Å². The van der Waals surface area contributed by atoms with E-state index in [1.54, 1.807) is 7.05 Å². The van der Waals surface area contributed by atoms with Crippen LogP contribution in [0.4, 0.5) is 5.69 Å². The fraction of sp³-hybridized carbons (Fsp3) is 0.542. The molecule has 32 heavy (non-hydrogen) atoms. The van der Waals surface area contributed by atoms with Crippen LogP contribution >= 0.6 is 0 Å². The summed E-state index contributed by atoms with van der Waals surface area (Å²) in [5.41, 5.74) is 2.92. The second-order valence-corrected chi connectivity index (χ2v) is 9.65. The molecular formula is C24H32N6O2. The van der Waals surface area contributed by atoms with Crippen molar-refractivity contribution < 1.29 is 4.74 Å². The van der Waals surface area contributed by atoms with E-state index in [9.17, 15) is 4.79 Å². The normalized spacial score (nSPS) is 18.8. The Morgan fingerprint density at radius 3 is 2.69 bits per heavy atom. The molecule has 3 heterocycles. The molecule has 8 nitrogen and oxygen atoms in total. The van der Waals surface area contributed by atoms with Crippen LogP contribution in [0.25, 0.3) is 22.3 Å². The monoisotopic (exact) mass is 436 g/mol. The summed E-state index contributed by atoms with van der Waals surface area (Å²) in [6, 6.07) is 8.40. The highest BCUT2D eigenvalue weighted by atomic mass is 16.5. The Morgan fingerprint density at radius 2 is 1.94 bits per heavy atom. The predicted molar refractivity (Wildman–Crippen MR) is 126 cm³/mol. The van der Waals surface area contributed by atoms with Gasteiger partial charge in [0.2, 0.25) is 0 Å². The van der Waals surface area contributed by atoms with Crippen LogP contribution in [-0.2, 0) is 7.05 Å². The summed E-state index contributed by atoms with van der Waals surface area (Å²) < 4.78 is 7.59. The van der Waals surface area contributed by atoms with Crippen LogP contribution in [0.15, 0.2) is 29.1 Å². The number of rotatable bonds is 5. The highest BCUT2D eigenvalue weighted by Gasteiger charge is 2.40. The maximum Gasteiger partial charge on any atom is 0.290 e. The predicted octanol–water partition coefficient (Wildman–Crippen LogP) is 3.18. The van der Waals surface area contributed by atoms with E-state index in [0.717, 1.165) is 67.8 Å². The highest BCUT2D eigenvalue weighted by molar-refractivity contribution is 5.93. The fourth-order valence-corrected chi connectivity index (χ4v) is 4.44. The topological polar surface area (TPSA) is 79.3 Å². The van der Waals surface area contributed by atoms with Crippen LogP contribution in [0.3, 0.4) is 0 Å². The summed E-state index contributed by atoms with van der Waals surface area (Å²) in [4.78, 5) is 17.7. The van der Waals surface area contributed by atoms with E-state index in [1.807, 2.05) is 24.3 Å². The molecule has 5 rings (SSSR count). The molecule has 0 amide bonds. The van der Waals surface area contributed by atoms with Gasteiger partial charge in [-0.1, -0.05) is 0 Å². The van der Waals surface area contributed by atoms with Gasteiger partial charge in [0.25, 0.3) is 5.56 Å². The van der Waals surface area contributed by atoms with Crippen LogP contribution in [0.5, 0.6) is 5.75 Å². The lowest BCUT2D eigenvalue weighted by Crippen LogP contribution is -2.37. The number of aromatic amines is 1. The van der Waals surface area contributed by atoms with Crippen LogP contribution in [-0.4, -0.2) is 62.7 Å². The molecule has 2 aliphatic rings. The van der Waals surface area contributed by atoms with Crippen molar-refractivity contribution in [3.05, 3.63) is 34.6 Å². The number of nitrogens with zero attached hydrogens (tertiary/aromatic N) is 5. The standard InChI is InChI=1S/C24H32N6O2/c1-16(2)29-10-5-11-30(13-12-29)21-15-20(27-28(4)23(21)31)22-18-14-17(32-24(3)8-9-24)6-7-19(18)25-26-22/h6-7,14-16H,5,8-13H2,1-4H3,(H,25,26). The summed E-state index contributed by atoms with van der Waals surface area (Å²) in [7, 11) is 1.71. The van der Waals surface area contributed by atoms with E-state index in [2.05, 4.69) is 45.9 Å². The van der Waals surface area contributed by atoms with Gasteiger partial charge in [-0.15, -0.1) is 0 Å². The second-order valence-electron chi connectivity index (χ2n) is 9.65. The number of hydrogen-bond donors (Lipinski definition) is 1. The number of benzene rings is 1. The molecule has 1 N–H and O–H groups in total. The molecule has 2 aromatic heterocycles. The zero-order valence-electron chi connectivity index (χ0n) is 19.4. The number of fused-ring (bicyclic) bond motifs is 1. The summed E-state index contributed by atoms with van der Waals surface area (Å²) in [5.74, 6) is 0.839. The molecule has 1 aliphatic carbocycles. The second kappa shape index (κ2) is 7.92. The highest BCUT2D eigenvalue weighted by Crippen LogP contribution is 2.40. The molecule has 0 unspecified atom stereocenters. The van der Waals surface area contributed by atoms with Crippen LogP contribution < -0.4 is 15.2 Å². The maximum absolute atomic E-state index is 13.0. The van der Waals surface area contributed by atoms with Crippen molar-refractivity contribution in [2.45, 2.75) is 51.7 Å². The lowest BCUT2D eigenvalue weighted by atomic mass is 10.1. The molecular weight excluding hydrogens is 404 g/mol. The molecule has 8 heteroatoms. The third-order valence-electron chi connectivity index (χ3n) is 6.74. The summed E-state index contributed by atoms with van der Waals surface area (Å²) in [6.45, 7) is 10.3. The summed E-state index contributed by atoms with van der Waals surface area (Å²) >= 11 is 0. The zero-order valence-corrected chi connectivity index (χ0v) is 19.4. The smallest absolute Gasteiger partial charge is 0.290 e. The SMILES string of the molecule is CC(C)N1CCCN(c2cc(-c3n[nH]c4ccc(OC5(C)CC5)cc34)nn(C)c2=O)CC1. The van der Waals surface area contributed by atoms with Crippen molar-refractivity contribution in [1.82, 2.24) is 24.9 Å². The molecule has 0 radical (unpaired) electrons. The van der Waals surface area contributed by atoms with Crippen molar-refractivity contribution in [2.75, 3.05) is 31.1 Å². The molecule has 0 bridgehead atoms. The molecule has 3 aromatic rings. The van der Waals surface area contributed by atoms with Gasteiger partial charge in [0.05, 0.1) is 5.52 Å². The number of hydrogen-bond acceptors (Lipinski definition) is 6. The van der Waals surface area contributed by atoms with Gasteiger partial charge >= 0.3 is 0 Å². The van der Waals surface area contributed by atoms with Gasteiger partial charge in [-0.2, -0.15) is 10.2 Å². The Hall–Kier alpha value is -2.87. The minimum Gasteiger partial charge on any atom is -0.488 e. The van der Waals surface area contributed by atoms with E-state index in [0.29, 0.717) is 17.4 Å². The van der Waals surface area contributed by atoms with Gasteiger partial charge in [0, 0.05) is 44.7 Å². The van der Waals surface area contributed by atoms with Gasteiger partial charge in [-0.05, 0) is 64.3 Å². The Morgan fingerprint density at radius 1 is 1.12 bits per heavy atom. The molecule has 0 spiro atoms. The maximum atomic E-state index is 13.0. The van der Waals surface area contributed by atoms with Crippen LogP contribution in [0, 0.1) is 0 Å². The molecule has 1 saturated carbocycles. The lowest BCUT2D eigenvalue weighted by molar-refractivity contribution is 0.200. The Bertz CT molecular complexity index is 1190. The van der Waals surface area contributed by atoms with Gasteiger partial charge < -0.3 is 9.64 Å². The number of anilines is 1. The fourth-order valence-electron chi connectivity index (χ4n) is 4.44. The summed E-state index contributed by atoms with van der Waals surface area (Å²) in [6.07, 6.45) is 3.20. The molecule has 0 atom stereocenters. The Kier molecular flexibility index (Phi) is 5.20. The molecule has 1 aliphatic heterocycles. The van der Waals surface area contributed by atoms with Gasteiger partial charge in [0.1, 0.15) is 28.4 Å². The quantitative estimate of drug-likeness (QED) is 0.662. The Labute approximate surface area is 188 Å². The number of ether oxygens (including phenoxy) is 1. The third kappa shape index (κ3) is 3.99. The average Bonchev–Trinajstić information content (AvgIpc) is 3.42. The minimum atomic E-state index is -0.0720. The van der Waals surface area contributed by atoms with Gasteiger partial charge in [-0.3, -0.25) is 14.8 Å². The summed E-state index contributed by atoms with van der Waals surface area (Å²) in [5, 5.41) is 13.1. The van der Waals surface area contributed by atoms with E-state index >= 15 is 0 Å². The number of aryl methyl sites for hydroxylation is 1. The minimum absolute atomic E-state index is 0.0454. The van der Waals surface area contributed by atoms with Crippen molar-refractivity contribution in [3.63, 3.8) is 0 Å². The van der Waals surface area contributed by atoms with Crippen molar-refractivity contribution in [1.29, 1.82) is 0 Å². The molecule has 2 fully saturated rings. The van der Waals surface area contributed by atoms with E-state index in [1.165, 1.54) is 4.68 Å². The van der Waals surface area contributed by atoms with Crippen LogP contribution in [0.2, 0.25) is 0 Å². The molecule has 1 saturated heterocycles. The van der Waals surface area contributed by atoms with Gasteiger partial charge in [0.15, 0.2) is 0 Å². The first kappa shape index (κ1) is 21.0.